The van der Waals surface area contributed by atoms with Crippen LogP contribution >= 0.6 is 0 Å². The molecular weight excluding hydrogens is 228 g/mol. The third kappa shape index (κ3) is 3.92. The van der Waals surface area contributed by atoms with Crippen LogP contribution in [-0.2, 0) is 19.0 Å². The number of methoxy groups -OCH3 is 2. The normalized spacial score (nSPS) is 30.2. The van der Waals surface area contributed by atoms with Crippen molar-refractivity contribution < 1.29 is 29.2 Å². The Morgan fingerprint density at radius 3 is 2.76 bits per heavy atom. The number of carbonyl (C=O) groups excluding carboxylic acids is 1. The number of esters is 1. The monoisotopic (exact) mass is 248 g/mol. The van der Waals surface area contributed by atoms with Crippen LogP contribution in [0.3, 0.4) is 0 Å². The molecule has 6 nitrogen and oxygen atoms in total. The van der Waals surface area contributed by atoms with Gasteiger partial charge in [0.1, 0.15) is 0 Å². The lowest BCUT2D eigenvalue weighted by Crippen LogP contribution is -2.33. The molecule has 2 N–H and O–H groups in total. The summed E-state index contributed by atoms with van der Waals surface area (Å²) in [4.78, 5) is 11.2. The summed E-state index contributed by atoms with van der Waals surface area (Å²) in [6.07, 6.45) is -0.838. The van der Waals surface area contributed by atoms with Gasteiger partial charge >= 0.3 is 5.97 Å². The van der Waals surface area contributed by atoms with E-state index in [1.165, 1.54) is 7.11 Å². The number of rotatable bonds is 6. The van der Waals surface area contributed by atoms with Gasteiger partial charge in [-0.1, -0.05) is 0 Å². The molecule has 0 bridgehead atoms. The zero-order valence-corrected chi connectivity index (χ0v) is 10.2. The van der Waals surface area contributed by atoms with Gasteiger partial charge in [-0.3, -0.25) is 4.79 Å². The van der Waals surface area contributed by atoms with Crippen LogP contribution in [0.1, 0.15) is 12.8 Å². The van der Waals surface area contributed by atoms with Crippen LogP contribution < -0.4 is 0 Å². The van der Waals surface area contributed by atoms with Crippen molar-refractivity contribution in [2.24, 2.45) is 5.92 Å². The number of aliphatic hydroxyl groups excluding tert-OH is 2. The van der Waals surface area contributed by atoms with Crippen molar-refractivity contribution in [1.29, 1.82) is 0 Å². The molecule has 17 heavy (non-hydrogen) atoms. The minimum Gasteiger partial charge on any atom is -0.469 e. The molecule has 0 aromatic heterocycles. The molecule has 0 spiro atoms. The zero-order chi connectivity index (χ0) is 12.8. The lowest BCUT2D eigenvalue weighted by molar-refractivity contribution is -0.142. The Bertz CT molecular complexity index is 244. The highest BCUT2D eigenvalue weighted by atomic mass is 16.6. The Kier molecular flexibility index (Phi) is 5.84. The predicted molar refractivity (Wildman–Crippen MR) is 58.4 cm³/mol. The summed E-state index contributed by atoms with van der Waals surface area (Å²) in [5, 5.41) is 18.2. The van der Waals surface area contributed by atoms with Crippen LogP contribution in [0.4, 0.5) is 0 Å². The van der Waals surface area contributed by atoms with Gasteiger partial charge in [-0.2, -0.15) is 0 Å². The molecule has 100 valence electrons. The molecule has 1 heterocycles. The fraction of sp³-hybridized carbons (Fsp3) is 0.909. The molecule has 0 radical (unpaired) electrons. The van der Waals surface area contributed by atoms with E-state index in [9.17, 15) is 9.90 Å². The molecule has 1 aliphatic heterocycles. The summed E-state index contributed by atoms with van der Waals surface area (Å²) in [6.45, 7) is 0.0917. The van der Waals surface area contributed by atoms with E-state index >= 15 is 0 Å². The first kappa shape index (κ1) is 14.4. The van der Waals surface area contributed by atoms with E-state index in [0.717, 1.165) is 0 Å². The highest BCUT2D eigenvalue weighted by molar-refractivity contribution is 5.69. The SMILES string of the molecule is COC(=O)CC1COC(CC(O)CO)[C@@H]1OC. The van der Waals surface area contributed by atoms with Crippen LogP contribution in [0.2, 0.25) is 0 Å². The molecule has 6 heteroatoms. The molecule has 1 aliphatic rings. The van der Waals surface area contributed by atoms with Gasteiger partial charge in [0.05, 0.1) is 45.1 Å². The van der Waals surface area contributed by atoms with Gasteiger partial charge in [0.2, 0.25) is 0 Å². The molecule has 0 saturated carbocycles. The second kappa shape index (κ2) is 6.90. The van der Waals surface area contributed by atoms with Crippen LogP contribution in [0.5, 0.6) is 0 Å². The maximum Gasteiger partial charge on any atom is 0.305 e. The molecule has 0 aromatic rings. The molecule has 1 saturated heterocycles. The van der Waals surface area contributed by atoms with Crippen molar-refractivity contribution in [2.75, 3.05) is 27.4 Å². The first-order chi connectivity index (χ1) is 8.12. The zero-order valence-electron chi connectivity index (χ0n) is 10.2. The maximum atomic E-state index is 11.2. The average molecular weight is 248 g/mol. The topological polar surface area (TPSA) is 85.2 Å². The number of carbonyl (C=O) groups is 1. The first-order valence-corrected chi connectivity index (χ1v) is 5.62. The van der Waals surface area contributed by atoms with E-state index in [4.69, 9.17) is 14.6 Å². The van der Waals surface area contributed by atoms with Crippen molar-refractivity contribution in [1.82, 2.24) is 0 Å². The van der Waals surface area contributed by atoms with Gasteiger partial charge < -0.3 is 24.4 Å². The number of ether oxygens (including phenoxy) is 3. The number of hydrogen-bond acceptors (Lipinski definition) is 6. The van der Waals surface area contributed by atoms with Crippen LogP contribution in [0, 0.1) is 5.92 Å². The minimum atomic E-state index is -0.825. The van der Waals surface area contributed by atoms with Crippen LogP contribution in [-0.4, -0.2) is 61.9 Å². The van der Waals surface area contributed by atoms with Gasteiger partial charge in [0.25, 0.3) is 0 Å². The lowest BCUT2D eigenvalue weighted by atomic mass is 9.95. The second-order valence-corrected chi connectivity index (χ2v) is 4.18. The second-order valence-electron chi connectivity index (χ2n) is 4.18. The standard InChI is InChI=1S/C11H20O6/c1-15-10(14)3-7-6-17-9(11(7)16-2)4-8(13)5-12/h7-9,11-13H,3-6H2,1-2H3/t7?,8?,9?,11-/m1/s1. The van der Waals surface area contributed by atoms with E-state index in [0.29, 0.717) is 13.0 Å². The fourth-order valence-corrected chi connectivity index (χ4v) is 2.10. The molecule has 0 amide bonds. The van der Waals surface area contributed by atoms with Crippen LogP contribution in [0.15, 0.2) is 0 Å². The van der Waals surface area contributed by atoms with Crippen molar-refractivity contribution in [3.63, 3.8) is 0 Å². The molecule has 0 aliphatic carbocycles. The largest absolute Gasteiger partial charge is 0.469 e. The first-order valence-electron chi connectivity index (χ1n) is 5.62. The van der Waals surface area contributed by atoms with E-state index in [1.54, 1.807) is 7.11 Å². The predicted octanol–water partition coefficient (Wildman–Crippen LogP) is -0.677. The summed E-state index contributed by atoms with van der Waals surface area (Å²) >= 11 is 0. The van der Waals surface area contributed by atoms with Gasteiger partial charge in [-0.05, 0) is 0 Å². The molecule has 1 rings (SSSR count). The molecular formula is C11H20O6. The summed E-state index contributed by atoms with van der Waals surface area (Å²) in [6, 6.07) is 0. The quantitative estimate of drug-likeness (QED) is 0.606. The van der Waals surface area contributed by atoms with Crippen molar-refractivity contribution in [3.05, 3.63) is 0 Å². The summed E-state index contributed by atoms with van der Waals surface area (Å²) in [7, 11) is 2.88. The van der Waals surface area contributed by atoms with Crippen molar-refractivity contribution in [3.8, 4) is 0 Å². The van der Waals surface area contributed by atoms with Gasteiger partial charge in [0, 0.05) is 19.4 Å². The molecule has 1 fully saturated rings. The maximum absolute atomic E-state index is 11.2. The fourth-order valence-electron chi connectivity index (χ4n) is 2.10. The third-order valence-electron chi connectivity index (χ3n) is 3.00. The van der Waals surface area contributed by atoms with Gasteiger partial charge in [0.15, 0.2) is 0 Å². The van der Waals surface area contributed by atoms with Gasteiger partial charge in [-0.25, -0.2) is 0 Å². The van der Waals surface area contributed by atoms with E-state index in [1.807, 2.05) is 0 Å². The van der Waals surface area contributed by atoms with Gasteiger partial charge in [-0.15, -0.1) is 0 Å². The van der Waals surface area contributed by atoms with Crippen molar-refractivity contribution in [2.45, 2.75) is 31.2 Å². The average Bonchev–Trinajstić information content (AvgIpc) is 2.70. The highest BCUT2D eigenvalue weighted by Gasteiger charge is 2.39. The number of hydrogen-bond donors (Lipinski definition) is 2. The van der Waals surface area contributed by atoms with E-state index in [-0.39, 0.29) is 37.1 Å². The Morgan fingerprint density at radius 2 is 2.24 bits per heavy atom. The summed E-state index contributed by atoms with van der Waals surface area (Å²) in [5.74, 6) is -0.368. The van der Waals surface area contributed by atoms with E-state index in [2.05, 4.69) is 4.74 Å². The highest BCUT2D eigenvalue weighted by Crippen LogP contribution is 2.28. The summed E-state index contributed by atoms with van der Waals surface area (Å²) < 4.78 is 15.4. The molecule has 0 aromatic carbocycles. The Labute approximate surface area is 100 Å². The van der Waals surface area contributed by atoms with Crippen molar-refractivity contribution >= 4 is 5.97 Å². The minimum absolute atomic E-state index is 0.0663. The summed E-state index contributed by atoms with van der Waals surface area (Å²) in [5.41, 5.74) is 0. The van der Waals surface area contributed by atoms with Crippen LogP contribution in [0.25, 0.3) is 0 Å². The molecule has 3 unspecified atom stereocenters. The Hall–Kier alpha value is -0.690. The third-order valence-corrected chi connectivity index (χ3v) is 3.00. The Balaban J connectivity index is 2.51. The van der Waals surface area contributed by atoms with E-state index < -0.39 is 6.10 Å². The number of aliphatic hydroxyl groups is 2. The molecule has 4 atom stereocenters. The lowest BCUT2D eigenvalue weighted by Gasteiger charge is -2.22. The Morgan fingerprint density at radius 1 is 1.53 bits per heavy atom. The smallest absolute Gasteiger partial charge is 0.305 e.